The van der Waals surface area contributed by atoms with Gasteiger partial charge in [-0.2, -0.15) is 5.10 Å². The van der Waals surface area contributed by atoms with E-state index >= 15 is 0 Å². The van der Waals surface area contributed by atoms with Crippen LogP contribution in [0, 0.1) is 5.92 Å². The minimum Gasteiger partial charge on any atom is -0.396 e. The standard InChI is InChI=1S/C11H14N2O/c1-9(8-14)7-13-11-5-3-2-4-10(11)6-12-13/h2-6,9,14H,7-8H2,1H3/t9-/m1/s1. The number of nitrogens with zero attached hydrogens (tertiary/aromatic N) is 2. The summed E-state index contributed by atoms with van der Waals surface area (Å²) in [5.41, 5.74) is 1.13. The van der Waals surface area contributed by atoms with Crippen LogP contribution in [-0.2, 0) is 6.54 Å². The first-order chi connectivity index (χ1) is 6.81. The lowest BCUT2D eigenvalue weighted by molar-refractivity contribution is 0.220. The van der Waals surface area contributed by atoms with Crippen LogP contribution < -0.4 is 0 Å². The summed E-state index contributed by atoms with van der Waals surface area (Å²) in [6, 6.07) is 8.10. The van der Waals surface area contributed by atoms with Crippen molar-refractivity contribution in [1.82, 2.24) is 9.78 Å². The van der Waals surface area contributed by atoms with E-state index in [9.17, 15) is 0 Å². The van der Waals surface area contributed by atoms with Gasteiger partial charge in [-0.05, 0) is 12.0 Å². The smallest absolute Gasteiger partial charge is 0.0682 e. The van der Waals surface area contributed by atoms with E-state index in [2.05, 4.69) is 5.10 Å². The van der Waals surface area contributed by atoms with E-state index in [1.54, 1.807) is 0 Å². The molecule has 0 saturated carbocycles. The number of hydrogen-bond acceptors (Lipinski definition) is 2. The summed E-state index contributed by atoms with van der Waals surface area (Å²) in [6.07, 6.45) is 1.86. The number of aliphatic hydroxyl groups is 1. The molecule has 1 aromatic heterocycles. The van der Waals surface area contributed by atoms with Gasteiger partial charge in [-0.15, -0.1) is 0 Å². The quantitative estimate of drug-likeness (QED) is 0.799. The summed E-state index contributed by atoms with van der Waals surface area (Å²) in [7, 11) is 0. The van der Waals surface area contributed by atoms with Gasteiger partial charge in [-0.3, -0.25) is 4.68 Å². The zero-order chi connectivity index (χ0) is 9.97. The van der Waals surface area contributed by atoms with E-state index < -0.39 is 0 Å². The number of aromatic nitrogens is 2. The summed E-state index contributed by atoms with van der Waals surface area (Å²) in [5.74, 6) is 0.248. The van der Waals surface area contributed by atoms with Gasteiger partial charge in [0.05, 0.1) is 11.7 Å². The zero-order valence-corrected chi connectivity index (χ0v) is 8.22. The summed E-state index contributed by atoms with van der Waals surface area (Å²) in [6.45, 7) is 2.98. The van der Waals surface area contributed by atoms with Crippen molar-refractivity contribution in [2.45, 2.75) is 13.5 Å². The molecule has 2 rings (SSSR count). The van der Waals surface area contributed by atoms with E-state index in [-0.39, 0.29) is 12.5 Å². The van der Waals surface area contributed by atoms with Gasteiger partial charge in [0.25, 0.3) is 0 Å². The SMILES string of the molecule is C[C@@H](CO)Cn1ncc2ccccc21. The molecule has 1 N–H and O–H groups in total. The molecule has 0 unspecified atom stereocenters. The summed E-state index contributed by atoms with van der Waals surface area (Å²) >= 11 is 0. The average Bonchev–Trinajstić information content (AvgIpc) is 2.62. The molecule has 0 saturated heterocycles. The molecule has 2 aromatic rings. The maximum atomic E-state index is 8.96. The highest BCUT2D eigenvalue weighted by Gasteiger charge is 2.05. The number of rotatable bonds is 3. The van der Waals surface area contributed by atoms with E-state index in [0.717, 1.165) is 17.4 Å². The third-order valence-corrected chi connectivity index (χ3v) is 2.35. The van der Waals surface area contributed by atoms with E-state index in [1.165, 1.54) is 0 Å². The molecule has 1 heterocycles. The van der Waals surface area contributed by atoms with Crippen LogP contribution in [0.4, 0.5) is 0 Å². The van der Waals surface area contributed by atoms with Crippen LogP contribution in [0.5, 0.6) is 0 Å². The van der Waals surface area contributed by atoms with Crippen molar-refractivity contribution < 1.29 is 5.11 Å². The number of para-hydroxylation sites is 1. The Balaban J connectivity index is 2.33. The third-order valence-electron chi connectivity index (χ3n) is 2.35. The molecule has 0 aliphatic carbocycles. The van der Waals surface area contributed by atoms with Gasteiger partial charge >= 0.3 is 0 Å². The molecule has 1 atom stereocenters. The predicted molar refractivity (Wildman–Crippen MR) is 56.0 cm³/mol. The summed E-state index contributed by atoms with van der Waals surface area (Å²) in [4.78, 5) is 0. The Hall–Kier alpha value is -1.35. The molecule has 0 spiro atoms. The topological polar surface area (TPSA) is 38.0 Å². The van der Waals surface area contributed by atoms with Gasteiger partial charge in [0.2, 0.25) is 0 Å². The van der Waals surface area contributed by atoms with Crippen LogP contribution in [0.25, 0.3) is 10.9 Å². The number of aliphatic hydroxyl groups excluding tert-OH is 1. The molecular formula is C11H14N2O. The van der Waals surface area contributed by atoms with E-state index in [0.29, 0.717) is 0 Å². The number of fused-ring (bicyclic) bond motifs is 1. The Morgan fingerprint density at radius 1 is 1.43 bits per heavy atom. The highest BCUT2D eigenvalue weighted by atomic mass is 16.3. The highest BCUT2D eigenvalue weighted by Crippen LogP contribution is 2.13. The molecule has 1 aromatic carbocycles. The Kier molecular flexibility index (Phi) is 2.50. The molecule has 3 heteroatoms. The van der Waals surface area contributed by atoms with Gasteiger partial charge in [-0.1, -0.05) is 25.1 Å². The minimum atomic E-state index is 0.203. The summed E-state index contributed by atoms with van der Waals surface area (Å²) < 4.78 is 1.94. The molecule has 74 valence electrons. The molecule has 0 fully saturated rings. The van der Waals surface area contributed by atoms with Gasteiger partial charge < -0.3 is 5.11 Å². The maximum Gasteiger partial charge on any atom is 0.0682 e. The molecule has 0 bridgehead atoms. The fourth-order valence-electron chi connectivity index (χ4n) is 1.52. The highest BCUT2D eigenvalue weighted by molar-refractivity contribution is 5.78. The molecule has 0 radical (unpaired) electrons. The van der Waals surface area contributed by atoms with Crippen LogP contribution in [0.3, 0.4) is 0 Å². The minimum absolute atomic E-state index is 0.203. The Morgan fingerprint density at radius 3 is 3.00 bits per heavy atom. The second-order valence-electron chi connectivity index (χ2n) is 3.67. The Bertz CT molecular complexity index is 422. The second-order valence-corrected chi connectivity index (χ2v) is 3.67. The molecule has 14 heavy (non-hydrogen) atoms. The molecular weight excluding hydrogens is 176 g/mol. The van der Waals surface area contributed by atoms with Crippen molar-refractivity contribution in [3.63, 3.8) is 0 Å². The molecule has 0 aliphatic rings. The van der Waals surface area contributed by atoms with Crippen molar-refractivity contribution in [2.24, 2.45) is 5.92 Å². The lowest BCUT2D eigenvalue weighted by Crippen LogP contribution is -2.11. The molecule has 0 aliphatic heterocycles. The number of benzene rings is 1. The Labute approximate surface area is 83.0 Å². The lowest BCUT2D eigenvalue weighted by atomic mass is 10.2. The van der Waals surface area contributed by atoms with Crippen LogP contribution in [0.15, 0.2) is 30.5 Å². The van der Waals surface area contributed by atoms with Crippen molar-refractivity contribution in [2.75, 3.05) is 6.61 Å². The molecule has 3 nitrogen and oxygen atoms in total. The van der Waals surface area contributed by atoms with Crippen molar-refractivity contribution >= 4 is 10.9 Å². The van der Waals surface area contributed by atoms with Crippen molar-refractivity contribution in [3.05, 3.63) is 30.5 Å². The monoisotopic (exact) mass is 190 g/mol. The van der Waals surface area contributed by atoms with E-state index in [4.69, 9.17) is 5.11 Å². The fraction of sp³-hybridized carbons (Fsp3) is 0.364. The first kappa shape index (κ1) is 9.21. The summed E-state index contributed by atoms with van der Waals surface area (Å²) in [5, 5.41) is 14.4. The van der Waals surface area contributed by atoms with Crippen LogP contribution in [0.1, 0.15) is 6.92 Å². The van der Waals surface area contributed by atoms with Crippen LogP contribution in [-0.4, -0.2) is 21.5 Å². The molecule has 0 amide bonds. The van der Waals surface area contributed by atoms with Gasteiger partial charge in [0.1, 0.15) is 0 Å². The van der Waals surface area contributed by atoms with Gasteiger partial charge in [0.15, 0.2) is 0 Å². The second kappa shape index (κ2) is 3.80. The lowest BCUT2D eigenvalue weighted by Gasteiger charge is -2.08. The third kappa shape index (κ3) is 1.63. The number of hydrogen-bond donors (Lipinski definition) is 1. The zero-order valence-electron chi connectivity index (χ0n) is 8.22. The first-order valence-electron chi connectivity index (χ1n) is 4.82. The Morgan fingerprint density at radius 2 is 2.21 bits per heavy atom. The first-order valence-corrected chi connectivity index (χ1v) is 4.82. The van der Waals surface area contributed by atoms with E-state index in [1.807, 2.05) is 42.1 Å². The van der Waals surface area contributed by atoms with Gasteiger partial charge in [0, 0.05) is 18.5 Å². The van der Waals surface area contributed by atoms with Crippen LogP contribution in [0.2, 0.25) is 0 Å². The predicted octanol–water partition coefficient (Wildman–Crippen LogP) is 1.66. The van der Waals surface area contributed by atoms with Gasteiger partial charge in [-0.25, -0.2) is 0 Å². The largest absolute Gasteiger partial charge is 0.396 e. The fourth-order valence-corrected chi connectivity index (χ4v) is 1.52. The van der Waals surface area contributed by atoms with Crippen LogP contribution >= 0.6 is 0 Å². The maximum absolute atomic E-state index is 8.96. The van der Waals surface area contributed by atoms with Crippen molar-refractivity contribution in [3.8, 4) is 0 Å². The average molecular weight is 190 g/mol. The van der Waals surface area contributed by atoms with Crippen molar-refractivity contribution in [1.29, 1.82) is 0 Å². The normalized spacial score (nSPS) is 13.3.